The molecule has 5 heteroatoms. The van der Waals surface area contributed by atoms with Crippen LogP contribution in [0.25, 0.3) is 0 Å². The summed E-state index contributed by atoms with van der Waals surface area (Å²) in [5, 5.41) is 10.6. The third-order valence-corrected chi connectivity index (χ3v) is 3.22. The van der Waals surface area contributed by atoms with Crippen molar-refractivity contribution in [2.45, 2.75) is 38.6 Å². The summed E-state index contributed by atoms with van der Waals surface area (Å²) in [7, 11) is 2.03. The van der Waals surface area contributed by atoms with E-state index in [1.54, 1.807) is 0 Å². The maximum absolute atomic E-state index is 4.52. The first kappa shape index (κ1) is 11.4. The average molecular weight is 223 g/mol. The molecule has 1 aromatic heterocycles. The van der Waals surface area contributed by atoms with Crippen LogP contribution in [-0.4, -0.2) is 41.4 Å². The van der Waals surface area contributed by atoms with Crippen LogP contribution < -0.4 is 10.2 Å². The van der Waals surface area contributed by atoms with Crippen LogP contribution in [-0.2, 0) is 0 Å². The van der Waals surface area contributed by atoms with Crippen molar-refractivity contribution in [3.8, 4) is 0 Å². The minimum Gasteiger partial charge on any atom is -0.339 e. The van der Waals surface area contributed by atoms with Gasteiger partial charge >= 0.3 is 0 Å². The van der Waals surface area contributed by atoms with Crippen LogP contribution in [0.1, 0.15) is 38.4 Å². The molecule has 0 atom stereocenters. The second-order valence-electron chi connectivity index (χ2n) is 4.73. The molecular weight excluding hydrogens is 202 g/mol. The Balaban J connectivity index is 1.97. The number of piperidine rings is 1. The highest BCUT2D eigenvalue weighted by Gasteiger charge is 2.20. The number of nitrogens with zero attached hydrogens (tertiary/aromatic N) is 3. The van der Waals surface area contributed by atoms with E-state index in [1.807, 2.05) is 7.05 Å². The van der Waals surface area contributed by atoms with E-state index in [4.69, 9.17) is 0 Å². The Morgan fingerprint density at radius 1 is 1.38 bits per heavy atom. The largest absolute Gasteiger partial charge is 0.339 e. The number of aromatic nitrogens is 3. The van der Waals surface area contributed by atoms with Crippen LogP contribution in [0, 0.1) is 0 Å². The maximum Gasteiger partial charge on any atom is 0.244 e. The number of rotatable bonds is 3. The van der Waals surface area contributed by atoms with Crippen LogP contribution in [0.3, 0.4) is 0 Å². The molecule has 0 aromatic carbocycles. The van der Waals surface area contributed by atoms with E-state index in [2.05, 4.69) is 39.2 Å². The molecule has 0 spiro atoms. The molecule has 0 radical (unpaired) electrons. The van der Waals surface area contributed by atoms with E-state index < -0.39 is 0 Å². The fraction of sp³-hybridized carbons (Fsp3) is 0.818. The van der Waals surface area contributed by atoms with Crippen LogP contribution in [0.4, 0.5) is 5.95 Å². The van der Waals surface area contributed by atoms with Gasteiger partial charge in [-0.1, -0.05) is 13.8 Å². The first-order chi connectivity index (χ1) is 7.70. The molecule has 16 heavy (non-hydrogen) atoms. The summed E-state index contributed by atoms with van der Waals surface area (Å²) in [4.78, 5) is 6.78. The zero-order valence-electron chi connectivity index (χ0n) is 10.3. The zero-order valence-corrected chi connectivity index (χ0v) is 10.3. The normalized spacial score (nSPS) is 18.4. The number of hydrogen-bond donors (Lipinski definition) is 2. The molecule has 1 fully saturated rings. The summed E-state index contributed by atoms with van der Waals surface area (Å²) >= 11 is 0. The lowest BCUT2D eigenvalue weighted by atomic mass is 10.1. The predicted molar refractivity (Wildman–Crippen MR) is 64.8 cm³/mol. The van der Waals surface area contributed by atoms with Gasteiger partial charge in [-0.25, -0.2) is 0 Å². The molecule has 2 heterocycles. The maximum atomic E-state index is 4.52. The summed E-state index contributed by atoms with van der Waals surface area (Å²) in [6.07, 6.45) is 2.34. The molecule has 0 amide bonds. The van der Waals surface area contributed by atoms with Gasteiger partial charge in [0, 0.05) is 25.0 Å². The molecule has 2 rings (SSSR count). The number of hydrogen-bond acceptors (Lipinski definition) is 4. The number of H-pyrrole nitrogens is 1. The van der Waals surface area contributed by atoms with Crippen LogP contribution >= 0.6 is 0 Å². The second-order valence-corrected chi connectivity index (χ2v) is 4.73. The van der Waals surface area contributed by atoms with Gasteiger partial charge in [-0.2, -0.15) is 4.98 Å². The molecular formula is C11H21N5. The molecule has 5 nitrogen and oxygen atoms in total. The topological polar surface area (TPSA) is 56.8 Å². The molecule has 1 aromatic rings. The summed E-state index contributed by atoms with van der Waals surface area (Å²) in [5.74, 6) is 2.25. The van der Waals surface area contributed by atoms with E-state index in [0.717, 1.165) is 24.9 Å². The van der Waals surface area contributed by atoms with Gasteiger partial charge in [-0.05, 0) is 19.9 Å². The van der Waals surface area contributed by atoms with Crippen molar-refractivity contribution < 1.29 is 0 Å². The van der Waals surface area contributed by atoms with Crippen molar-refractivity contribution in [3.63, 3.8) is 0 Å². The molecule has 1 aliphatic rings. The van der Waals surface area contributed by atoms with Gasteiger partial charge in [0.25, 0.3) is 0 Å². The van der Waals surface area contributed by atoms with Gasteiger partial charge in [-0.3, -0.25) is 5.10 Å². The second kappa shape index (κ2) is 4.82. The molecule has 0 bridgehead atoms. The van der Waals surface area contributed by atoms with E-state index in [1.165, 1.54) is 12.8 Å². The Kier molecular flexibility index (Phi) is 3.43. The molecule has 0 unspecified atom stereocenters. The monoisotopic (exact) mass is 223 g/mol. The Morgan fingerprint density at radius 2 is 2.06 bits per heavy atom. The lowest BCUT2D eigenvalue weighted by molar-refractivity contribution is 0.439. The Morgan fingerprint density at radius 3 is 2.56 bits per heavy atom. The number of nitrogens with one attached hydrogen (secondary N) is 2. The summed E-state index contributed by atoms with van der Waals surface area (Å²) in [5.41, 5.74) is 0. The highest BCUT2D eigenvalue weighted by atomic mass is 15.4. The van der Waals surface area contributed by atoms with Crippen molar-refractivity contribution in [3.05, 3.63) is 5.82 Å². The zero-order chi connectivity index (χ0) is 11.5. The Hall–Kier alpha value is -1.10. The predicted octanol–water partition coefficient (Wildman–Crippen LogP) is 1.12. The van der Waals surface area contributed by atoms with Crippen molar-refractivity contribution in [1.82, 2.24) is 20.5 Å². The van der Waals surface area contributed by atoms with Crippen molar-refractivity contribution in [1.29, 1.82) is 0 Å². The number of anilines is 1. The average Bonchev–Trinajstić information content (AvgIpc) is 2.78. The minimum atomic E-state index is 0.413. The number of aromatic amines is 1. The first-order valence-electron chi connectivity index (χ1n) is 6.05. The lowest BCUT2D eigenvalue weighted by Gasteiger charge is -2.30. The van der Waals surface area contributed by atoms with Gasteiger partial charge in [0.1, 0.15) is 5.82 Å². The van der Waals surface area contributed by atoms with Gasteiger partial charge in [0.15, 0.2) is 0 Å². The van der Waals surface area contributed by atoms with Crippen LogP contribution in [0.5, 0.6) is 0 Å². The molecule has 0 aliphatic carbocycles. The van der Waals surface area contributed by atoms with Crippen molar-refractivity contribution in [2.75, 3.05) is 25.0 Å². The smallest absolute Gasteiger partial charge is 0.244 e. The standard InChI is InChI=1S/C11H21N5/c1-8(2)10-13-11(15-14-10)16-6-4-9(12-3)5-7-16/h8-9,12H,4-7H2,1-3H3,(H,13,14,15). The van der Waals surface area contributed by atoms with Crippen LogP contribution in [0.15, 0.2) is 0 Å². The highest BCUT2D eigenvalue weighted by Crippen LogP contribution is 2.17. The quantitative estimate of drug-likeness (QED) is 0.806. The first-order valence-corrected chi connectivity index (χ1v) is 6.05. The summed E-state index contributed by atoms with van der Waals surface area (Å²) in [6.45, 7) is 6.33. The highest BCUT2D eigenvalue weighted by molar-refractivity contribution is 5.29. The SMILES string of the molecule is CNC1CCN(c2n[nH]c(C(C)C)n2)CC1. The van der Waals surface area contributed by atoms with Crippen LogP contribution in [0.2, 0.25) is 0 Å². The van der Waals surface area contributed by atoms with Crippen molar-refractivity contribution in [2.24, 2.45) is 0 Å². The fourth-order valence-electron chi connectivity index (χ4n) is 2.03. The van der Waals surface area contributed by atoms with E-state index in [9.17, 15) is 0 Å². The fourth-order valence-corrected chi connectivity index (χ4v) is 2.03. The van der Waals surface area contributed by atoms with Gasteiger partial charge in [-0.15, -0.1) is 5.10 Å². The third-order valence-electron chi connectivity index (χ3n) is 3.22. The minimum absolute atomic E-state index is 0.413. The van der Waals surface area contributed by atoms with E-state index >= 15 is 0 Å². The van der Waals surface area contributed by atoms with E-state index in [-0.39, 0.29) is 0 Å². The summed E-state index contributed by atoms with van der Waals surface area (Å²) < 4.78 is 0. The Bertz CT molecular complexity index is 325. The van der Waals surface area contributed by atoms with Gasteiger partial charge < -0.3 is 10.2 Å². The summed E-state index contributed by atoms with van der Waals surface area (Å²) in [6, 6.07) is 0.653. The van der Waals surface area contributed by atoms with E-state index in [0.29, 0.717) is 12.0 Å². The Labute approximate surface area is 96.6 Å². The lowest BCUT2D eigenvalue weighted by Crippen LogP contribution is -2.41. The molecule has 0 saturated carbocycles. The van der Waals surface area contributed by atoms with Gasteiger partial charge in [0.05, 0.1) is 0 Å². The molecule has 1 saturated heterocycles. The molecule has 1 aliphatic heterocycles. The third kappa shape index (κ3) is 2.35. The molecule has 2 N–H and O–H groups in total. The van der Waals surface area contributed by atoms with Gasteiger partial charge in [0.2, 0.25) is 5.95 Å². The van der Waals surface area contributed by atoms with Crippen molar-refractivity contribution >= 4 is 5.95 Å². The molecule has 90 valence electrons.